The number of halogens is 2. The fraction of sp³-hybridized carbons (Fsp3) is 0.320. The number of esters is 1. The van der Waals surface area contributed by atoms with Crippen LogP contribution in [0.3, 0.4) is 0 Å². The summed E-state index contributed by atoms with van der Waals surface area (Å²) in [4.78, 5) is 37.2. The van der Waals surface area contributed by atoms with E-state index in [0.717, 1.165) is 0 Å². The average molecular weight is 564 g/mol. The second kappa shape index (κ2) is 12.9. The molecular formula is C25H27Cl2N5O4S. The fourth-order valence-corrected chi connectivity index (χ4v) is 4.75. The Balaban J connectivity index is 1.68. The zero-order valence-corrected chi connectivity index (χ0v) is 23.1. The summed E-state index contributed by atoms with van der Waals surface area (Å²) in [6, 6.07) is 10.7. The molecule has 0 fully saturated rings. The van der Waals surface area contributed by atoms with Gasteiger partial charge >= 0.3 is 5.97 Å². The Bertz CT molecular complexity index is 1300. The summed E-state index contributed by atoms with van der Waals surface area (Å²) >= 11 is 13.4. The normalized spacial score (nSPS) is 11.8. The van der Waals surface area contributed by atoms with E-state index in [-0.39, 0.29) is 28.5 Å². The molecule has 0 bridgehead atoms. The van der Waals surface area contributed by atoms with Gasteiger partial charge in [0.15, 0.2) is 11.0 Å². The molecule has 0 spiro atoms. The van der Waals surface area contributed by atoms with Crippen molar-refractivity contribution in [3.63, 3.8) is 0 Å². The first-order valence-corrected chi connectivity index (χ1v) is 13.1. The van der Waals surface area contributed by atoms with E-state index in [0.29, 0.717) is 39.2 Å². The Morgan fingerprint density at radius 3 is 2.54 bits per heavy atom. The maximum Gasteiger partial charge on any atom is 0.337 e. The summed E-state index contributed by atoms with van der Waals surface area (Å²) in [5, 5.41) is 15.5. The minimum Gasteiger partial charge on any atom is -0.465 e. The molecule has 2 amide bonds. The van der Waals surface area contributed by atoms with Crippen molar-refractivity contribution in [3.8, 4) is 0 Å². The molecule has 0 unspecified atom stereocenters. The van der Waals surface area contributed by atoms with E-state index in [1.807, 2.05) is 13.8 Å². The van der Waals surface area contributed by atoms with Gasteiger partial charge in [0.1, 0.15) is 0 Å². The van der Waals surface area contributed by atoms with Crippen molar-refractivity contribution < 1.29 is 19.1 Å². The highest BCUT2D eigenvalue weighted by Gasteiger charge is 2.24. The molecule has 1 heterocycles. The lowest BCUT2D eigenvalue weighted by atomic mass is 10.0. The predicted octanol–water partition coefficient (Wildman–Crippen LogP) is 5.16. The second-order valence-electron chi connectivity index (χ2n) is 8.59. The number of hydrogen-bond donors (Lipinski definition) is 2. The van der Waals surface area contributed by atoms with Gasteiger partial charge in [-0.3, -0.25) is 9.59 Å². The number of thioether (sulfide) groups is 1. The minimum absolute atomic E-state index is 0.0655. The number of ether oxygens (including phenoxy) is 1. The van der Waals surface area contributed by atoms with Crippen molar-refractivity contribution in [2.24, 2.45) is 13.0 Å². The zero-order valence-electron chi connectivity index (χ0n) is 20.7. The van der Waals surface area contributed by atoms with Gasteiger partial charge in [-0.1, -0.05) is 54.9 Å². The predicted molar refractivity (Wildman–Crippen MR) is 144 cm³/mol. The molecule has 3 aromatic rings. The Morgan fingerprint density at radius 2 is 1.86 bits per heavy atom. The standard InChI is InChI=1S/C25H27Cl2N5O4S/c1-14(2)10-20(29-23(34)18-9-8-16(26)12-19(18)27)22-30-31-25(32(22)3)37-13-21(33)28-17-7-5-6-15(11-17)24(35)36-4/h5-9,11-12,14,20H,10,13H2,1-4H3,(H,28,33)(H,29,34)/t20-/m0/s1. The monoisotopic (exact) mass is 563 g/mol. The van der Waals surface area contributed by atoms with E-state index in [2.05, 4.69) is 20.8 Å². The Morgan fingerprint density at radius 1 is 1.11 bits per heavy atom. The third-order valence-electron chi connectivity index (χ3n) is 5.27. The lowest BCUT2D eigenvalue weighted by Gasteiger charge is -2.20. The van der Waals surface area contributed by atoms with Crippen LogP contribution in [0.1, 0.15) is 52.9 Å². The lowest BCUT2D eigenvalue weighted by Crippen LogP contribution is -2.31. The van der Waals surface area contributed by atoms with Crippen LogP contribution in [0.15, 0.2) is 47.6 Å². The molecule has 9 nitrogen and oxygen atoms in total. The molecular weight excluding hydrogens is 537 g/mol. The van der Waals surface area contributed by atoms with Gasteiger partial charge in [0.05, 0.1) is 35.1 Å². The Kier molecular flexibility index (Phi) is 9.96. The summed E-state index contributed by atoms with van der Waals surface area (Å²) in [6.07, 6.45) is 0.616. The van der Waals surface area contributed by atoms with Crippen LogP contribution in [0.2, 0.25) is 10.0 Å². The quantitative estimate of drug-likeness (QED) is 0.258. The number of amides is 2. The zero-order chi connectivity index (χ0) is 27.1. The molecule has 3 rings (SSSR count). The van der Waals surface area contributed by atoms with Gasteiger partial charge in [0, 0.05) is 17.8 Å². The van der Waals surface area contributed by atoms with Crippen LogP contribution in [-0.2, 0) is 16.6 Å². The Labute approximate surface area is 229 Å². The van der Waals surface area contributed by atoms with E-state index >= 15 is 0 Å². The molecule has 2 N–H and O–H groups in total. The van der Waals surface area contributed by atoms with E-state index in [9.17, 15) is 14.4 Å². The van der Waals surface area contributed by atoms with E-state index in [4.69, 9.17) is 27.9 Å². The van der Waals surface area contributed by atoms with Crippen molar-refractivity contribution in [2.45, 2.75) is 31.5 Å². The lowest BCUT2D eigenvalue weighted by molar-refractivity contribution is -0.113. The molecule has 0 saturated heterocycles. The van der Waals surface area contributed by atoms with Gasteiger partial charge in [-0.2, -0.15) is 0 Å². The molecule has 12 heteroatoms. The van der Waals surface area contributed by atoms with Crippen LogP contribution in [-0.4, -0.2) is 45.4 Å². The largest absolute Gasteiger partial charge is 0.465 e. The smallest absolute Gasteiger partial charge is 0.337 e. The summed E-state index contributed by atoms with van der Waals surface area (Å²) in [5.41, 5.74) is 1.13. The maximum atomic E-state index is 13.0. The number of aromatic nitrogens is 3. The van der Waals surface area contributed by atoms with Gasteiger partial charge in [-0.15, -0.1) is 10.2 Å². The summed E-state index contributed by atoms with van der Waals surface area (Å²) < 4.78 is 6.46. The summed E-state index contributed by atoms with van der Waals surface area (Å²) in [6.45, 7) is 4.08. The van der Waals surface area contributed by atoms with Gasteiger partial charge in [0.25, 0.3) is 5.91 Å². The first-order valence-electron chi connectivity index (χ1n) is 11.3. The second-order valence-corrected chi connectivity index (χ2v) is 10.4. The highest BCUT2D eigenvalue weighted by atomic mass is 35.5. The maximum absolute atomic E-state index is 13.0. The number of nitrogens with one attached hydrogen (secondary N) is 2. The van der Waals surface area contributed by atoms with Crippen LogP contribution in [0.4, 0.5) is 5.69 Å². The van der Waals surface area contributed by atoms with Gasteiger partial charge in [-0.05, 0) is 48.7 Å². The first-order chi connectivity index (χ1) is 17.6. The summed E-state index contributed by atoms with van der Waals surface area (Å²) in [7, 11) is 3.08. The minimum atomic E-state index is -0.488. The molecule has 1 atom stereocenters. The molecule has 196 valence electrons. The number of nitrogens with zero attached hydrogens (tertiary/aromatic N) is 3. The average Bonchev–Trinajstić information content (AvgIpc) is 3.21. The molecule has 0 aliphatic heterocycles. The van der Waals surface area contributed by atoms with Gasteiger partial charge in [-0.25, -0.2) is 4.79 Å². The molecule has 2 aromatic carbocycles. The van der Waals surface area contributed by atoms with Crippen molar-refractivity contribution in [1.82, 2.24) is 20.1 Å². The first kappa shape index (κ1) is 28.5. The van der Waals surface area contributed by atoms with Crippen LogP contribution >= 0.6 is 35.0 Å². The number of methoxy groups -OCH3 is 1. The highest BCUT2D eigenvalue weighted by Crippen LogP contribution is 2.26. The molecule has 0 radical (unpaired) electrons. The van der Waals surface area contributed by atoms with Crippen molar-refractivity contribution >= 4 is 58.4 Å². The number of benzene rings is 2. The van der Waals surface area contributed by atoms with Crippen LogP contribution in [0.5, 0.6) is 0 Å². The topological polar surface area (TPSA) is 115 Å². The third kappa shape index (κ3) is 7.70. The third-order valence-corrected chi connectivity index (χ3v) is 6.84. The molecule has 1 aromatic heterocycles. The fourth-order valence-electron chi connectivity index (χ4n) is 3.53. The summed E-state index contributed by atoms with van der Waals surface area (Å²) in [5.74, 6) is -0.237. The number of carbonyl (C=O) groups excluding carboxylic acids is 3. The van der Waals surface area contributed by atoms with Crippen LogP contribution in [0.25, 0.3) is 0 Å². The van der Waals surface area contributed by atoms with Crippen molar-refractivity contribution in [3.05, 3.63) is 69.5 Å². The number of carbonyl (C=O) groups is 3. The molecule has 0 saturated carbocycles. The van der Waals surface area contributed by atoms with E-state index in [1.54, 1.807) is 48.0 Å². The SMILES string of the molecule is COC(=O)c1cccc(NC(=O)CSc2nnc([C@H](CC(C)C)NC(=O)c3ccc(Cl)cc3Cl)n2C)c1. The molecule has 37 heavy (non-hydrogen) atoms. The van der Waals surface area contributed by atoms with Crippen LogP contribution in [0, 0.1) is 5.92 Å². The Hall–Kier alpha value is -3.08. The molecule has 0 aliphatic rings. The van der Waals surface area contributed by atoms with Crippen LogP contribution < -0.4 is 10.6 Å². The van der Waals surface area contributed by atoms with Gasteiger partial charge < -0.3 is 19.9 Å². The number of hydrogen-bond acceptors (Lipinski definition) is 7. The number of anilines is 1. The van der Waals surface area contributed by atoms with E-state index in [1.165, 1.54) is 24.9 Å². The van der Waals surface area contributed by atoms with Gasteiger partial charge in [0.2, 0.25) is 5.91 Å². The van der Waals surface area contributed by atoms with E-state index < -0.39 is 12.0 Å². The van der Waals surface area contributed by atoms with Crippen molar-refractivity contribution in [1.29, 1.82) is 0 Å². The number of rotatable bonds is 10. The highest BCUT2D eigenvalue weighted by molar-refractivity contribution is 7.99. The molecule has 0 aliphatic carbocycles. The van der Waals surface area contributed by atoms with Crippen molar-refractivity contribution in [2.75, 3.05) is 18.2 Å².